The number of aryl methyl sites for hydroxylation is 1. The Balaban J connectivity index is 1.38. The van der Waals surface area contributed by atoms with Crippen molar-refractivity contribution >= 4 is 17.2 Å². The van der Waals surface area contributed by atoms with Crippen LogP contribution in [0.3, 0.4) is 0 Å². The van der Waals surface area contributed by atoms with E-state index in [9.17, 15) is 13.6 Å². The number of hydrogen-bond donors (Lipinski definition) is 0. The summed E-state index contributed by atoms with van der Waals surface area (Å²) in [6.07, 6.45) is 11.4. The molecule has 0 N–H and O–H groups in total. The first kappa shape index (κ1) is 25.4. The third kappa shape index (κ3) is 5.39. The number of aromatic nitrogens is 5. The van der Waals surface area contributed by atoms with Gasteiger partial charge in [0.15, 0.2) is 11.5 Å². The number of alkyl halides is 2. The third-order valence-corrected chi connectivity index (χ3v) is 6.62. The van der Waals surface area contributed by atoms with Gasteiger partial charge in [0, 0.05) is 36.1 Å². The normalized spacial score (nSPS) is 15.5. The van der Waals surface area contributed by atoms with E-state index in [4.69, 9.17) is 9.47 Å². The molecule has 1 aromatic carbocycles. The maximum absolute atomic E-state index is 12.9. The van der Waals surface area contributed by atoms with Crippen molar-refractivity contribution in [2.75, 3.05) is 6.61 Å². The summed E-state index contributed by atoms with van der Waals surface area (Å²) in [5.41, 5.74) is 5.29. The topological polar surface area (TPSA) is 91.5 Å². The standard InChI is InChI=1S/C28H27F2N5O3/c1-3-37-27(36)19-10-8-18(9-11-19)26-32-13-21(14-33-26)22-16-35-23(17(2)34-25(35)15-31-22)12-20-6-4-5-7-24(20)38-28(29)30/h4-8,13-16,19,28H,3,9-12H2,1-2H3. The highest BCUT2D eigenvalue weighted by Crippen LogP contribution is 2.30. The van der Waals surface area contributed by atoms with Gasteiger partial charge in [-0.15, -0.1) is 0 Å². The Labute approximate surface area is 218 Å². The number of para-hydroxylation sites is 1. The van der Waals surface area contributed by atoms with E-state index < -0.39 is 6.61 Å². The molecule has 0 aliphatic heterocycles. The zero-order chi connectivity index (χ0) is 26.6. The van der Waals surface area contributed by atoms with Gasteiger partial charge in [0.1, 0.15) is 5.75 Å². The minimum atomic E-state index is -2.90. The van der Waals surface area contributed by atoms with Crippen molar-refractivity contribution in [1.82, 2.24) is 24.3 Å². The van der Waals surface area contributed by atoms with E-state index in [1.165, 1.54) is 6.07 Å². The number of halogens is 2. The van der Waals surface area contributed by atoms with Crippen LogP contribution in [0.5, 0.6) is 5.75 Å². The molecule has 196 valence electrons. The van der Waals surface area contributed by atoms with E-state index in [1.54, 1.807) is 36.8 Å². The van der Waals surface area contributed by atoms with Crippen molar-refractivity contribution in [3.05, 3.63) is 77.9 Å². The van der Waals surface area contributed by atoms with Gasteiger partial charge in [0.05, 0.1) is 35.8 Å². The predicted octanol–water partition coefficient (Wildman–Crippen LogP) is 5.43. The van der Waals surface area contributed by atoms with E-state index in [1.807, 2.05) is 30.5 Å². The van der Waals surface area contributed by atoms with Crippen LogP contribution >= 0.6 is 0 Å². The van der Waals surface area contributed by atoms with Crippen molar-refractivity contribution in [2.24, 2.45) is 5.92 Å². The molecule has 3 heterocycles. The average Bonchev–Trinajstić information content (AvgIpc) is 3.24. The van der Waals surface area contributed by atoms with Crippen LogP contribution in [-0.4, -0.2) is 43.5 Å². The van der Waals surface area contributed by atoms with Crippen LogP contribution in [0.2, 0.25) is 0 Å². The second kappa shape index (κ2) is 11.0. The van der Waals surface area contributed by atoms with Crippen LogP contribution in [0, 0.1) is 12.8 Å². The van der Waals surface area contributed by atoms with Gasteiger partial charge in [-0.3, -0.25) is 14.2 Å². The van der Waals surface area contributed by atoms with Crippen LogP contribution in [0.15, 0.2) is 55.1 Å². The van der Waals surface area contributed by atoms with Gasteiger partial charge in [-0.2, -0.15) is 8.78 Å². The van der Waals surface area contributed by atoms with Crippen molar-refractivity contribution in [3.63, 3.8) is 0 Å². The second-order valence-electron chi connectivity index (χ2n) is 9.06. The lowest BCUT2D eigenvalue weighted by Crippen LogP contribution is -2.19. The maximum Gasteiger partial charge on any atom is 0.387 e. The molecule has 1 unspecified atom stereocenters. The first-order valence-corrected chi connectivity index (χ1v) is 12.5. The fourth-order valence-electron chi connectivity index (χ4n) is 4.66. The van der Waals surface area contributed by atoms with E-state index >= 15 is 0 Å². The summed E-state index contributed by atoms with van der Waals surface area (Å²) >= 11 is 0. The van der Waals surface area contributed by atoms with Gasteiger partial charge in [-0.05, 0) is 44.7 Å². The smallest absolute Gasteiger partial charge is 0.387 e. The molecule has 0 fully saturated rings. The van der Waals surface area contributed by atoms with Gasteiger partial charge in [0.25, 0.3) is 0 Å². The summed E-state index contributed by atoms with van der Waals surface area (Å²) in [4.78, 5) is 30.2. The molecular formula is C28H27F2N5O3. The average molecular weight is 520 g/mol. The zero-order valence-corrected chi connectivity index (χ0v) is 21.1. The Kier molecular flexibility index (Phi) is 7.39. The van der Waals surface area contributed by atoms with Gasteiger partial charge in [-0.25, -0.2) is 15.0 Å². The summed E-state index contributed by atoms with van der Waals surface area (Å²) in [7, 11) is 0. The molecular weight excluding hydrogens is 492 g/mol. The van der Waals surface area contributed by atoms with Crippen LogP contribution in [0.1, 0.15) is 49.0 Å². The zero-order valence-electron chi connectivity index (χ0n) is 21.1. The molecule has 38 heavy (non-hydrogen) atoms. The Morgan fingerprint density at radius 2 is 1.95 bits per heavy atom. The number of ether oxygens (including phenoxy) is 2. The number of carbonyl (C=O) groups excluding carboxylic acids is 1. The highest BCUT2D eigenvalue weighted by molar-refractivity contribution is 5.75. The van der Waals surface area contributed by atoms with Gasteiger partial charge in [-0.1, -0.05) is 24.3 Å². The molecule has 10 heteroatoms. The summed E-state index contributed by atoms with van der Waals surface area (Å²) in [5, 5.41) is 0. The number of benzene rings is 1. The maximum atomic E-state index is 12.9. The van der Waals surface area contributed by atoms with Crippen molar-refractivity contribution in [2.45, 2.75) is 46.1 Å². The van der Waals surface area contributed by atoms with Crippen molar-refractivity contribution in [1.29, 1.82) is 0 Å². The van der Waals surface area contributed by atoms with Crippen LogP contribution in [0.25, 0.3) is 22.5 Å². The van der Waals surface area contributed by atoms with E-state index in [0.29, 0.717) is 55.0 Å². The van der Waals surface area contributed by atoms with E-state index in [2.05, 4.69) is 19.9 Å². The monoisotopic (exact) mass is 519 g/mol. The molecule has 1 atom stereocenters. The molecule has 0 spiro atoms. The molecule has 0 radical (unpaired) electrons. The first-order chi connectivity index (χ1) is 18.4. The number of imidazole rings is 1. The summed E-state index contributed by atoms with van der Waals surface area (Å²) in [6.45, 7) is 1.17. The summed E-state index contributed by atoms with van der Waals surface area (Å²) in [6, 6.07) is 6.75. The SMILES string of the molecule is CCOC(=O)C1CC=C(c2ncc(-c3cn4c(Cc5ccccc5OC(F)F)c(C)nc4cn3)cn2)CC1. The molecule has 0 bridgehead atoms. The quantitative estimate of drug-likeness (QED) is 0.287. The minimum Gasteiger partial charge on any atom is -0.466 e. The molecule has 5 rings (SSSR count). The molecule has 1 aliphatic rings. The number of nitrogens with zero attached hydrogens (tertiary/aromatic N) is 5. The molecule has 1 aliphatic carbocycles. The van der Waals surface area contributed by atoms with Gasteiger partial charge >= 0.3 is 12.6 Å². The number of esters is 1. The van der Waals surface area contributed by atoms with Crippen LogP contribution in [0.4, 0.5) is 8.78 Å². The van der Waals surface area contributed by atoms with Crippen molar-refractivity contribution < 1.29 is 23.0 Å². The van der Waals surface area contributed by atoms with Crippen molar-refractivity contribution in [3.8, 4) is 17.0 Å². The lowest BCUT2D eigenvalue weighted by molar-refractivity contribution is -0.148. The summed E-state index contributed by atoms with van der Waals surface area (Å²) < 4.78 is 37.5. The van der Waals surface area contributed by atoms with E-state index in [-0.39, 0.29) is 17.6 Å². The van der Waals surface area contributed by atoms with E-state index in [0.717, 1.165) is 22.5 Å². The lowest BCUT2D eigenvalue weighted by Gasteiger charge is -2.19. The first-order valence-electron chi connectivity index (χ1n) is 12.5. The molecule has 0 amide bonds. The third-order valence-electron chi connectivity index (χ3n) is 6.62. The number of allylic oxidation sites excluding steroid dienone is 2. The van der Waals surface area contributed by atoms with Crippen LogP contribution < -0.4 is 4.74 Å². The Morgan fingerprint density at radius 1 is 1.16 bits per heavy atom. The Bertz CT molecular complexity index is 1480. The number of hydrogen-bond acceptors (Lipinski definition) is 7. The fourth-order valence-corrected chi connectivity index (χ4v) is 4.66. The van der Waals surface area contributed by atoms with Gasteiger partial charge < -0.3 is 9.47 Å². The number of carbonyl (C=O) groups is 1. The van der Waals surface area contributed by atoms with Crippen LogP contribution in [-0.2, 0) is 16.0 Å². The largest absolute Gasteiger partial charge is 0.466 e. The molecule has 8 nitrogen and oxygen atoms in total. The van der Waals surface area contributed by atoms with Gasteiger partial charge in [0.2, 0.25) is 0 Å². The molecule has 3 aromatic heterocycles. The highest BCUT2D eigenvalue weighted by Gasteiger charge is 2.24. The predicted molar refractivity (Wildman–Crippen MR) is 137 cm³/mol. The second-order valence-corrected chi connectivity index (χ2v) is 9.06. The summed E-state index contributed by atoms with van der Waals surface area (Å²) in [5.74, 6) is 0.503. The molecule has 0 saturated carbocycles. The number of fused-ring (bicyclic) bond motifs is 1. The Morgan fingerprint density at radius 3 is 2.66 bits per heavy atom. The number of rotatable bonds is 8. The fraction of sp³-hybridized carbons (Fsp3) is 0.321. The minimum absolute atomic E-state index is 0.115. The molecule has 0 saturated heterocycles. The molecule has 4 aromatic rings. The Hall–Kier alpha value is -4.21. The highest BCUT2D eigenvalue weighted by atomic mass is 19.3. The lowest BCUT2D eigenvalue weighted by atomic mass is 9.89.